The van der Waals surface area contributed by atoms with Crippen molar-refractivity contribution in [3.63, 3.8) is 0 Å². The number of aryl methyl sites for hydroxylation is 1. The van der Waals surface area contributed by atoms with Crippen molar-refractivity contribution in [2.24, 2.45) is 16.7 Å². The molecule has 1 aromatic rings. The maximum absolute atomic E-state index is 13.1. The molecule has 8 nitrogen and oxygen atoms in total. The molecule has 3 atom stereocenters. The molecule has 0 spiro atoms. The molecule has 37 heavy (non-hydrogen) atoms. The number of benzene rings is 1. The van der Waals surface area contributed by atoms with E-state index in [1.807, 2.05) is 71.9 Å². The van der Waals surface area contributed by atoms with Crippen LogP contribution in [0.4, 0.5) is 0 Å². The highest BCUT2D eigenvalue weighted by Crippen LogP contribution is 2.31. The number of amides is 2. The molecule has 0 saturated heterocycles. The zero-order valence-corrected chi connectivity index (χ0v) is 24.3. The van der Waals surface area contributed by atoms with Crippen molar-refractivity contribution in [3.05, 3.63) is 35.9 Å². The van der Waals surface area contributed by atoms with Gasteiger partial charge in [-0.3, -0.25) is 9.59 Å². The Balaban J connectivity index is 2.63. The van der Waals surface area contributed by atoms with Gasteiger partial charge in [0, 0.05) is 23.8 Å². The fraction of sp³-hybridized carbons (Fsp3) is 0.630. The first-order chi connectivity index (χ1) is 17.1. The third-order valence-electron chi connectivity index (χ3n) is 5.65. The summed E-state index contributed by atoms with van der Waals surface area (Å²) in [6.07, 6.45) is 2.47. The zero-order chi connectivity index (χ0) is 28.2. The second-order valence-corrected chi connectivity index (χ2v) is 14.0. The van der Waals surface area contributed by atoms with Gasteiger partial charge >= 0.3 is 11.9 Å². The van der Waals surface area contributed by atoms with Crippen LogP contribution in [0.25, 0.3) is 0 Å². The van der Waals surface area contributed by atoms with Gasteiger partial charge in [-0.1, -0.05) is 93.5 Å². The van der Waals surface area contributed by atoms with Gasteiger partial charge in [-0.05, 0) is 35.7 Å². The average molecular weight is 555 g/mol. The fourth-order valence-electron chi connectivity index (χ4n) is 3.69. The highest BCUT2D eigenvalue weighted by Gasteiger charge is 2.33. The van der Waals surface area contributed by atoms with E-state index in [1.165, 1.54) is 5.56 Å². The van der Waals surface area contributed by atoms with Crippen LogP contribution >= 0.6 is 21.6 Å². The van der Waals surface area contributed by atoms with Gasteiger partial charge in [-0.15, -0.1) is 0 Å². The lowest BCUT2D eigenvalue weighted by molar-refractivity contribution is -0.142. The second kappa shape index (κ2) is 15.3. The molecule has 10 heteroatoms. The number of rotatable bonds is 15. The lowest BCUT2D eigenvalue weighted by Crippen LogP contribution is -2.47. The summed E-state index contributed by atoms with van der Waals surface area (Å²) in [5.41, 5.74) is 0.585. The summed E-state index contributed by atoms with van der Waals surface area (Å²) in [4.78, 5) is 48.6. The molecule has 0 saturated carbocycles. The van der Waals surface area contributed by atoms with Crippen LogP contribution in [0.3, 0.4) is 0 Å². The molecule has 0 aliphatic heterocycles. The lowest BCUT2D eigenvalue weighted by Gasteiger charge is -2.31. The largest absolute Gasteiger partial charge is 0.480 e. The van der Waals surface area contributed by atoms with E-state index in [4.69, 9.17) is 0 Å². The van der Waals surface area contributed by atoms with Crippen LogP contribution in [-0.4, -0.2) is 57.6 Å². The van der Waals surface area contributed by atoms with E-state index in [0.29, 0.717) is 6.42 Å². The highest BCUT2D eigenvalue weighted by molar-refractivity contribution is 8.76. The lowest BCUT2D eigenvalue weighted by atomic mass is 9.77. The number of carboxylic acid groups (broad SMARTS) is 2. The predicted octanol–water partition coefficient (Wildman–Crippen LogP) is 4.63. The third-order valence-corrected chi connectivity index (χ3v) is 8.08. The molecule has 0 bridgehead atoms. The van der Waals surface area contributed by atoms with Crippen LogP contribution in [0.1, 0.15) is 66.4 Å². The van der Waals surface area contributed by atoms with E-state index in [1.54, 1.807) is 0 Å². The van der Waals surface area contributed by atoms with Crippen molar-refractivity contribution in [1.82, 2.24) is 10.6 Å². The van der Waals surface area contributed by atoms with Gasteiger partial charge in [0.15, 0.2) is 0 Å². The summed E-state index contributed by atoms with van der Waals surface area (Å²) in [7, 11) is 2.31. The number of hydrogen-bond donors (Lipinski definition) is 4. The first-order valence-corrected chi connectivity index (χ1v) is 14.9. The molecule has 0 radical (unpaired) electrons. The van der Waals surface area contributed by atoms with Crippen molar-refractivity contribution in [3.8, 4) is 0 Å². The maximum Gasteiger partial charge on any atom is 0.327 e. The van der Waals surface area contributed by atoms with Crippen LogP contribution in [0.15, 0.2) is 30.3 Å². The molecular formula is C27H42N2O6S2. The van der Waals surface area contributed by atoms with Crippen LogP contribution in [-0.2, 0) is 25.6 Å². The highest BCUT2D eigenvalue weighted by atomic mass is 33.1. The number of carbonyl (C=O) groups excluding carboxylic acids is 2. The summed E-state index contributed by atoms with van der Waals surface area (Å²) in [5.74, 6) is -3.16. The van der Waals surface area contributed by atoms with Crippen molar-refractivity contribution < 1.29 is 29.4 Å². The molecule has 4 N–H and O–H groups in total. The molecule has 2 unspecified atom stereocenters. The Morgan fingerprint density at radius 1 is 0.838 bits per heavy atom. The Labute approximate surface area is 228 Å². The minimum atomic E-state index is -1.15. The van der Waals surface area contributed by atoms with Crippen LogP contribution in [0.5, 0.6) is 0 Å². The van der Waals surface area contributed by atoms with E-state index < -0.39 is 24.0 Å². The molecule has 0 aromatic heterocycles. The number of carboxylic acids is 2. The van der Waals surface area contributed by atoms with Gasteiger partial charge in [0.05, 0.1) is 0 Å². The van der Waals surface area contributed by atoms with Crippen LogP contribution in [0, 0.1) is 16.7 Å². The monoisotopic (exact) mass is 554 g/mol. The predicted molar refractivity (Wildman–Crippen MR) is 150 cm³/mol. The van der Waals surface area contributed by atoms with E-state index in [0.717, 1.165) is 34.4 Å². The maximum atomic E-state index is 13.1. The Kier molecular flexibility index (Phi) is 13.5. The smallest absolute Gasteiger partial charge is 0.327 e. The van der Waals surface area contributed by atoms with Gasteiger partial charge in [0.1, 0.15) is 12.1 Å². The van der Waals surface area contributed by atoms with Gasteiger partial charge in [0.25, 0.3) is 0 Å². The normalized spacial score (nSPS) is 14.3. The summed E-state index contributed by atoms with van der Waals surface area (Å²) in [6.45, 7) is 11.6. The molecule has 0 aliphatic rings. The molecule has 1 aromatic carbocycles. The van der Waals surface area contributed by atoms with E-state index in [9.17, 15) is 29.4 Å². The Morgan fingerprint density at radius 2 is 1.35 bits per heavy atom. The number of carbonyl (C=O) groups is 4. The quantitative estimate of drug-likeness (QED) is 0.182. The van der Waals surface area contributed by atoms with Crippen molar-refractivity contribution in [2.45, 2.75) is 79.3 Å². The minimum absolute atomic E-state index is 0.0644. The molecule has 0 heterocycles. The zero-order valence-electron chi connectivity index (χ0n) is 22.7. The molecule has 208 valence electrons. The average Bonchev–Trinajstić information content (AvgIpc) is 2.76. The van der Waals surface area contributed by atoms with Crippen molar-refractivity contribution >= 4 is 45.3 Å². The fourth-order valence-corrected chi connectivity index (χ4v) is 6.00. The molecule has 2 amide bonds. The van der Waals surface area contributed by atoms with Crippen molar-refractivity contribution in [2.75, 3.05) is 11.5 Å². The second-order valence-electron chi connectivity index (χ2n) is 11.5. The minimum Gasteiger partial charge on any atom is -0.480 e. The summed E-state index contributed by atoms with van der Waals surface area (Å²) in [5, 5.41) is 24.3. The number of aliphatic carboxylic acids is 2. The standard InChI is InChI=1S/C27H42N2O6S2/c1-26(2,3)15-22(30)28-20(24(32)33)16-36-37-17-21(25(34)35)29-23(31)19(27(4,5)6)14-10-13-18-11-8-7-9-12-18/h7-9,11-12,19-21H,10,13-17H2,1-6H3,(H,28,30)(H,29,31)(H,32,33)(H,34,35)/t19-,20?,21?/m0/s1. The Morgan fingerprint density at radius 3 is 1.81 bits per heavy atom. The SMILES string of the molecule is CC(C)(C)CC(=O)NC(CSSCC(NC(=O)[C@H](CCCc1ccccc1)C(C)(C)C)C(=O)O)C(=O)O. The van der Waals surface area contributed by atoms with Gasteiger partial charge in [-0.25, -0.2) is 9.59 Å². The molecular weight excluding hydrogens is 512 g/mol. The van der Waals surface area contributed by atoms with E-state index >= 15 is 0 Å². The topological polar surface area (TPSA) is 133 Å². The summed E-state index contributed by atoms with van der Waals surface area (Å²) in [6, 6.07) is 7.83. The Bertz CT molecular complexity index is 896. The first-order valence-electron chi connectivity index (χ1n) is 12.4. The molecule has 1 rings (SSSR count). The molecule has 0 fully saturated rings. The van der Waals surface area contributed by atoms with Crippen LogP contribution < -0.4 is 10.6 Å². The number of nitrogens with one attached hydrogen (secondary N) is 2. The first kappa shape index (κ1) is 32.8. The van der Waals surface area contributed by atoms with Gasteiger partial charge in [0.2, 0.25) is 11.8 Å². The third kappa shape index (κ3) is 13.8. The molecule has 0 aliphatic carbocycles. The van der Waals surface area contributed by atoms with Gasteiger partial charge < -0.3 is 20.8 Å². The number of hydrogen-bond acceptors (Lipinski definition) is 6. The Hall–Kier alpha value is -2.20. The van der Waals surface area contributed by atoms with E-state index in [2.05, 4.69) is 10.6 Å². The van der Waals surface area contributed by atoms with Gasteiger partial charge in [-0.2, -0.15) is 0 Å². The van der Waals surface area contributed by atoms with E-state index in [-0.39, 0.29) is 46.5 Å². The van der Waals surface area contributed by atoms with Crippen LogP contribution in [0.2, 0.25) is 0 Å². The summed E-state index contributed by atoms with van der Waals surface area (Å²) >= 11 is 0. The van der Waals surface area contributed by atoms with Crippen molar-refractivity contribution in [1.29, 1.82) is 0 Å². The summed E-state index contributed by atoms with van der Waals surface area (Å²) < 4.78 is 0.